The Morgan fingerprint density at radius 1 is 1.11 bits per heavy atom. The van der Waals surface area contributed by atoms with E-state index in [-0.39, 0.29) is 11.8 Å². The van der Waals surface area contributed by atoms with Crippen molar-refractivity contribution in [3.8, 4) is 0 Å². The van der Waals surface area contributed by atoms with Gasteiger partial charge in [-0.1, -0.05) is 41.4 Å². The van der Waals surface area contributed by atoms with Gasteiger partial charge in [0.2, 0.25) is 5.91 Å². The van der Waals surface area contributed by atoms with Crippen LogP contribution in [0.1, 0.15) is 37.1 Å². The average molecular weight is 416 g/mol. The Labute approximate surface area is 174 Å². The number of imidazole rings is 1. The van der Waals surface area contributed by atoms with Gasteiger partial charge in [-0.15, -0.1) is 0 Å². The molecule has 4 rings (SSSR count). The van der Waals surface area contributed by atoms with E-state index in [0.29, 0.717) is 22.5 Å². The molecule has 3 aromatic rings. The maximum atomic E-state index is 12.5. The number of carbonyl (C=O) groups excluding carboxylic acids is 1. The number of amides is 1. The number of aromatic nitrogens is 2. The third-order valence-corrected chi connectivity index (χ3v) is 6.19. The molecule has 0 bridgehead atoms. The quantitative estimate of drug-likeness (QED) is 0.574. The summed E-state index contributed by atoms with van der Waals surface area (Å²) < 4.78 is 0. The van der Waals surface area contributed by atoms with Crippen molar-refractivity contribution in [3.63, 3.8) is 0 Å². The Bertz CT molecular complexity index is 944. The van der Waals surface area contributed by atoms with Crippen molar-refractivity contribution in [1.29, 1.82) is 0 Å². The first-order chi connectivity index (χ1) is 13.6. The number of rotatable bonds is 5. The number of fused-ring (bicyclic) bond motifs is 1. The summed E-state index contributed by atoms with van der Waals surface area (Å²) in [6.45, 7) is 0.438. The number of benzene rings is 2. The molecule has 1 aliphatic rings. The second kappa shape index (κ2) is 8.54. The Kier molecular flexibility index (Phi) is 5.88. The average Bonchev–Trinajstić information content (AvgIpc) is 3.10. The molecule has 2 N–H and O–H groups in total. The van der Waals surface area contributed by atoms with Gasteiger partial charge >= 0.3 is 0 Å². The van der Waals surface area contributed by atoms with Gasteiger partial charge in [-0.2, -0.15) is 0 Å². The lowest BCUT2D eigenvalue weighted by Gasteiger charge is -2.27. The van der Waals surface area contributed by atoms with E-state index in [1.807, 2.05) is 24.3 Å². The van der Waals surface area contributed by atoms with Crippen LogP contribution in [-0.2, 0) is 17.8 Å². The fraction of sp³-hybridized carbons (Fsp3) is 0.364. The van der Waals surface area contributed by atoms with Gasteiger partial charge in [0.1, 0.15) is 5.82 Å². The molecule has 4 nitrogen and oxygen atoms in total. The van der Waals surface area contributed by atoms with Gasteiger partial charge < -0.3 is 10.3 Å². The normalized spacial score (nSPS) is 19.6. The van der Waals surface area contributed by atoms with Crippen LogP contribution in [0.5, 0.6) is 0 Å². The largest absolute Gasteiger partial charge is 0.352 e. The van der Waals surface area contributed by atoms with Crippen LogP contribution in [-0.4, -0.2) is 15.9 Å². The summed E-state index contributed by atoms with van der Waals surface area (Å²) in [5, 5.41) is 4.21. The van der Waals surface area contributed by atoms with E-state index in [1.165, 1.54) is 0 Å². The van der Waals surface area contributed by atoms with E-state index in [2.05, 4.69) is 21.4 Å². The van der Waals surface area contributed by atoms with Crippen molar-refractivity contribution in [2.24, 2.45) is 11.8 Å². The van der Waals surface area contributed by atoms with E-state index in [9.17, 15) is 4.79 Å². The highest BCUT2D eigenvalue weighted by atomic mass is 35.5. The Balaban J connectivity index is 1.26. The molecule has 0 spiro atoms. The highest BCUT2D eigenvalue weighted by Gasteiger charge is 2.27. The molecule has 0 radical (unpaired) electrons. The van der Waals surface area contributed by atoms with Crippen molar-refractivity contribution >= 4 is 40.1 Å². The standard InChI is InChI=1S/C22H23Cl2N3O/c23-17-10-9-16(18(24)12-17)13-25-22(28)15-7-5-14(6-8-15)11-21-26-19-3-1-2-4-20(19)27-21/h1-4,9-10,12,14-15H,5-8,11,13H2,(H,25,28)(H,26,27)/t14-,15+. The van der Waals surface area contributed by atoms with Crippen molar-refractivity contribution in [1.82, 2.24) is 15.3 Å². The molecule has 0 saturated heterocycles. The minimum atomic E-state index is 0.0815. The number of H-pyrrole nitrogens is 1. The SMILES string of the molecule is O=C(NCc1ccc(Cl)cc1Cl)[C@H]1CC[C@@H](Cc2nc3ccccc3[nH]2)CC1. The molecule has 1 heterocycles. The van der Waals surface area contributed by atoms with E-state index in [1.54, 1.807) is 12.1 Å². The van der Waals surface area contributed by atoms with Crippen LogP contribution < -0.4 is 5.32 Å². The predicted molar refractivity (Wildman–Crippen MR) is 114 cm³/mol. The van der Waals surface area contributed by atoms with Crippen LogP contribution in [0.3, 0.4) is 0 Å². The van der Waals surface area contributed by atoms with Gasteiger partial charge in [0.05, 0.1) is 11.0 Å². The van der Waals surface area contributed by atoms with Crippen LogP contribution in [0, 0.1) is 11.8 Å². The van der Waals surface area contributed by atoms with Gasteiger partial charge in [0.15, 0.2) is 0 Å². The molecule has 146 valence electrons. The fourth-order valence-electron chi connectivity index (χ4n) is 4.00. The molecule has 1 saturated carbocycles. The monoisotopic (exact) mass is 415 g/mol. The topological polar surface area (TPSA) is 57.8 Å². The van der Waals surface area contributed by atoms with Gasteiger partial charge in [-0.25, -0.2) is 4.98 Å². The zero-order valence-electron chi connectivity index (χ0n) is 15.6. The Morgan fingerprint density at radius 3 is 2.64 bits per heavy atom. The first kappa shape index (κ1) is 19.3. The molecule has 0 unspecified atom stereocenters. The minimum Gasteiger partial charge on any atom is -0.352 e. The van der Waals surface area contributed by atoms with Crippen molar-refractivity contribution in [2.45, 2.75) is 38.6 Å². The lowest BCUT2D eigenvalue weighted by atomic mass is 9.80. The van der Waals surface area contributed by atoms with E-state index in [0.717, 1.165) is 54.5 Å². The molecule has 1 amide bonds. The van der Waals surface area contributed by atoms with Gasteiger partial charge in [-0.05, 0) is 61.4 Å². The summed E-state index contributed by atoms with van der Waals surface area (Å²) in [5.41, 5.74) is 3.00. The number of hydrogen-bond donors (Lipinski definition) is 2. The smallest absolute Gasteiger partial charge is 0.223 e. The van der Waals surface area contributed by atoms with Crippen LogP contribution in [0.2, 0.25) is 10.0 Å². The third-order valence-electron chi connectivity index (χ3n) is 5.61. The maximum Gasteiger partial charge on any atom is 0.223 e. The number of para-hydroxylation sites is 2. The molecule has 1 fully saturated rings. The van der Waals surface area contributed by atoms with Gasteiger partial charge in [0.25, 0.3) is 0 Å². The van der Waals surface area contributed by atoms with E-state index in [4.69, 9.17) is 23.2 Å². The number of nitrogens with zero attached hydrogens (tertiary/aromatic N) is 1. The molecule has 28 heavy (non-hydrogen) atoms. The van der Waals surface area contributed by atoms with Gasteiger partial charge in [-0.3, -0.25) is 4.79 Å². The molecule has 0 atom stereocenters. The number of aromatic amines is 1. The molecule has 1 aliphatic carbocycles. The first-order valence-electron chi connectivity index (χ1n) is 9.74. The number of carbonyl (C=O) groups is 1. The summed E-state index contributed by atoms with van der Waals surface area (Å²) in [6.07, 6.45) is 4.90. The van der Waals surface area contributed by atoms with Crippen molar-refractivity contribution in [3.05, 3.63) is 63.9 Å². The summed E-state index contributed by atoms with van der Waals surface area (Å²) >= 11 is 12.1. The second-order valence-electron chi connectivity index (χ2n) is 7.58. The minimum absolute atomic E-state index is 0.0815. The zero-order valence-corrected chi connectivity index (χ0v) is 17.1. The molecule has 1 aromatic heterocycles. The maximum absolute atomic E-state index is 12.5. The second-order valence-corrected chi connectivity index (χ2v) is 8.42. The molecular formula is C22H23Cl2N3O. The molecule has 6 heteroatoms. The van der Waals surface area contributed by atoms with Crippen LogP contribution in [0.25, 0.3) is 11.0 Å². The molecule has 0 aliphatic heterocycles. The van der Waals surface area contributed by atoms with Crippen molar-refractivity contribution in [2.75, 3.05) is 0 Å². The summed E-state index contributed by atoms with van der Waals surface area (Å²) in [6, 6.07) is 13.5. The van der Waals surface area contributed by atoms with E-state index >= 15 is 0 Å². The molecule has 2 aromatic carbocycles. The predicted octanol–water partition coefficient (Wildman–Crippen LogP) is 5.54. The van der Waals surface area contributed by atoms with Crippen LogP contribution in [0.15, 0.2) is 42.5 Å². The Hall–Kier alpha value is -2.04. The zero-order chi connectivity index (χ0) is 19.5. The first-order valence-corrected chi connectivity index (χ1v) is 10.5. The summed E-state index contributed by atoms with van der Waals surface area (Å²) in [4.78, 5) is 20.6. The molecular weight excluding hydrogens is 393 g/mol. The summed E-state index contributed by atoms with van der Waals surface area (Å²) in [7, 11) is 0. The van der Waals surface area contributed by atoms with Crippen LogP contribution in [0.4, 0.5) is 0 Å². The Morgan fingerprint density at radius 2 is 1.89 bits per heavy atom. The van der Waals surface area contributed by atoms with Gasteiger partial charge in [0, 0.05) is 28.9 Å². The fourth-order valence-corrected chi connectivity index (χ4v) is 4.47. The highest BCUT2D eigenvalue weighted by molar-refractivity contribution is 6.35. The number of nitrogens with one attached hydrogen (secondary N) is 2. The van der Waals surface area contributed by atoms with Crippen LogP contribution >= 0.6 is 23.2 Å². The van der Waals surface area contributed by atoms with Crippen molar-refractivity contribution < 1.29 is 4.79 Å². The highest BCUT2D eigenvalue weighted by Crippen LogP contribution is 2.31. The lowest BCUT2D eigenvalue weighted by molar-refractivity contribution is -0.126. The number of halogens is 2. The number of hydrogen-bond acceptors (Lipinski definition) is 2. The lowest BCUT2D eigenvalue weighted by Crippen LogP contribution is -2.33. The third kappa shape index (κ3) is 4.50. The summed E-state index contributed by atoms with van der Waals surface area (Å²) in [5.74, 6) is 1.83. The van der Waals surface area contributed by atoms with E-state index < -0.39 is 0 Å².